The maximum atomic E-state index is 9.43. The molecule has 0 aliphatic carbocycles. The van der Waals surface area contributed by atoms with Crippen molar-refractivity contribution in [3.63, 3.8) is 0 Å². The molecule has 0 aromatic carbocycles. The summed E-state index contributed by atoms with van der Waals surface area (Å²) >= 11 is 0. The van der Waals surface area contributed by atoms with Gasteiger partial charge in [-0.25, -0.2) is 0 Å². The van der Waals surface area contributed by atoms with Gasteiger partial charge in [-0.15, -0.1) is 0 Å². The first-order valence-corrected chi connectivity index (χ1v) is 4.76. The summed E-state index contributed by atoms with van der Waals surface area (Å²) < 4.78 is 0. The van der Waals surface area contributed by atoms with Crippen LogP contribution in [0.15, 0.2) is 12.2 Å². The molecule has 0 saturated heterocycles. The van der Waals surface area contributed by atoms with Gasteiger partial charge in [0.05, 0.1) is 12.2 Å². The Labute approximate surface area is 85.1 Å². The fourth-order valence-corrected chi connectivity index (χ4v) is 0.995. The monoisotopic (exact) mass is 198 g/mol. The zero-order chi connectivity index (χ0) is 10.8. The second kappa shape index (κ2) is 8.76. The minimum atomic E-state index is -0.820. The Morgan fingerprint density at radius 2 is 1.93 bits per heavy atom. The van der Waals surface area contributed by atoms with Crippen LogP contribution in [0.1, 0.15) is 26.2 Å². The molecule has 0 aromatic heterocycles. The van der Waals surface area contributed by atoms with Gasteiger partial charge in [0, 0.05) is 6.42 Å². The molecular formula is C11H18O3. The summed E-state index contributed by atoms with van der Waals surface area (Å²) in [5, 5.41) is 27.2. The van der Waals surface area contributed by atoms with E-state index in [-0.39, 0.29) is 13.0 Å². The first kappa shape index (κ1) is 13.2. The second-order valence-electron chi connectivity index (χ2n) is 3.00. The van der Waals surface area contributed by atoms with Gasteiger partial charge in [-0.2, -0.15) is 0 Å². The van der Waals surface area contributed by atoms with Gasteiger partial charge in [-0.1, -0.05) is 24.0 Å². The van der Waals surface area contributed by atoms with Crippen molar-refractivity contribution in [1.82, 2.24) is 0 Å². The average Bonchev–Trinajstić information content (AvgIpc) is 2.18. The maximum Gasteiger partial charge on any atom is 0.104 e. The molecule has 2 atom stereocenters. The molecule has 0 amide bonds. The Hall–Kier alpha value is -0.820. The highest BCUT2D eigenvalue weighted by atomic mass is 16.3. The number of hydrogen-bond donors (Lipinski definition) is 3. The molecule has 0 radical (unpaired) electrons. The lowest BCUT2D eigenvalue weighted by Crippen LogP contribution is -2.25. The van der Waals surface area contributed by atoms with Crippen LogP contribution >= 0.6 is 0 Å². The average molecular weight is 198 g/mol. The predicted molar refractivity (Wildman–Crippen MR) is 55.5 cm³/mol. The summed E-state index contributed by atoms with van der Waals surface area (Å²) in [6, 6.07) is 0. The molecule has 3 N–H and O–H groups in total. The van der Waals surface area contributed by atoms with Crippen molar-refractivity contribution < 1.29 is 15.3 Å². The molecule has 3 nitrogen and oxygen atoms in total. The van der Waals surface area contributed by atoms with Crippen molar-refractivity contribution in [3.05, 3.63) is 12.2 Å². The third-order valence-corrected chi connectivity index (χ3v) is 1.82. The number of aliphatic hydroxyl groups is 3. The van der Waals surface area contributed by atoms with Gasteiger partial charge in [0.25, 0.3) is 0 Å². The Morgan fingerprint density at radius 1 is 1.21 bits per heavy atom. The molecule has 3 heteroatoms. The minimum Gasteiger partial charge on any atom is -0.390 e. The van der Waals surface area contributed by atoms with E-state index in [1.807, 2.05) is 19.1 Å². The molecule has 0 fully saturated rings. The lowest BCUT2D eigenvalue weighted by molar-refractivity contribution is 0.0186. The molecule has 0 bridgehead atoms. The van der Waals surface area contributed by atoms with Crippen LogP contribution < -0.4 is 0 Å². The molecule has 0 spiro atoms. The summed E-state index contributed by atoms with van der Waals surface area (Å²) in [5.41, 5.74) is 0. The Bertz CT molecular complexity index is 212. The van der Waals surface area contributed by atoms with Gasteiger partial charge in [0.15, 0.2) is 0 Å². The third-order valence-electron chi connectivity index (χ3n) is 1.82. The summed E-state index contributed by atoms with van der Waals surface area (Å²) in [6.45, 7) is 1.71. The number of aliphatic hydroxyl groups excluding tert-OH is 3. The van der Waals surface area contributed by atoms with Crippen LogP contribution in [0, 0.1) is 11.8 Å². The normalized spacial score (nSPS) is 14.9. The van der Waals surface area contributed by atoms with E-state index < -0.39 is 12.2 Å². The Kier molecular flexibility index (Phi) is 8.25. The Balaban J connectivity index is 3.69. The molecular weight excluding hydrogens is 180 g/mol. The van der Waals surface area contributed by atoms with Crippen molar-refractivity contribution in [1.29, 1.82) is 0 Å². The fourth-order valence-electron chi connectivity index (χ4n) is 0.995. The smallest absolute Gasteiger partial charge is 0.104 e. The van der Waals surface area contributed by atoms with Crippen LogP contribution in [-0.4, -0.2) is 34.1 Å². The molecule has 0 unspecified atom stereocenters. The van der Waals surface area contributed by atoms with Crippen molar-refractivity contribution in [2.45, 2.75) is 38.4 Å². The van der Waals surface area contributed by atoms with E-state index in [4.69, 9.17) is 5.11 Å². The summed E-state index contributed by atoms with van der Waals surface area (Å²) in [5.74, 6) is 5.00. The van der Waals surface area contributed by atoms with E-state index in [1.165, 1.54) is 0 Å². The van der Waals surface area contributed by atoms with Crippen LogP contribution in [0.5, 0.6) is 0 Å². The fraction of sp³-hybridized carbons (Fsp3) is 0.636. The summed E-state index contributed by atoms with van der Waals surface area (Å²) in [7, 11) is 0. The van der Waals surface area contributed by atoms with Crippen molar-refractivity contribution in [3.8, 4) is 11.8 Å². The van der Waals surface area contributed by atoms with E-state index in [9.17, 15) is 10.2 Å². The predicted octanol–water partition coefficient (Wildman–Crippen LogP) is 0.450. The SMILES string of the molecule is C/C=C/CC[C@H](O)[C@@H](O)CC#CCO. The van der Waals surface area contributed by atoms with Crippen LogP contribution in [0.25, 0.3) is 0 Å². The zero-order valence-electron chi connectivity index (χ0n) is 8.48. The highest BCUT2D eigenvalue weighted by Crippen LogP contribution is 2.05. The van der Waals surface area contributed by atoms with Crippen LogP contribution in [0.4, 0.5) is 0 Å². The number of hydrogen-bond acceptors (Lipinski definition) is 3. The first-order valence-electron chi connectivity index (χ1n) is 4.76. The highest BCUT2D eigenvalue weighted by molar-refractivity contribution is 5.00. The zero-order valence-corrected chi connectivity index (χ0v) is 8.48. The van der Waals surface area contributed by atoms with Gasteiger partial charge in [0.2, 0.25) is 0 Å². The van der Waals surface area contributed by atoms with Gasteiger partial charge >= 0.3 is 0 Å². The topological polar surface area (TPSA) is 60.7 Å². The quantitative estimate of drug-likeness (QED) is 0.444. The largest absolute Gasteiger partial charge is 0.390 e. The van der Waals surface area contributed by atoms with Gasteiger partial charge < -0.3 is 15.3 Å². The number of allylic oxidation sites excluding steroid dienone is 2. The molecule has 0 aliphatic rings. The molecule has 0 heterocycles. The van der Waals surface area contributed by atoms with Gasteiger partial charge in [-0.05, 0) is 19.8 Å². The second-order valence-corrected chi connectivity index (χ2v) is 3.00. The van der Waals surface area contributed by atoms with Gasteiger partial charge in [0.1, 0.15) is 6.61 Å². The summed E-state index contributed by atoms with van der Waals surface area (Å²) in [4.78, 5) is 0. The maximum absolute atomic E-state index is 9.43. The van der Waals surface area contributed by atoms with E-state index in [0.717, 1.165) is 6.42 Å². The lowest BCUT2D eigenvalue weighted by atomic mass is 10.1. The standard InChI is InChI=1S/C11H18O3/c1-2-3-4-7-10(13)11(14)8-5-6-9-12/h2-3,10-14H,4,7-9H2,1H3/b3-2+/t10-,11-/m0/s1. The van der Waals surface area contributed by atoms with E-state index in [0.29, 0.717) is 6.42 Å². The van der Waals surface area contributed by atoms with Crippen LogP contribution in [0.3, 0.4) is 0 Å². The van der Waals surface area contributed by atoms with Crippen molar-refractivity contribution in [2.75, 3.05) is 6.61 Å². The van der Waals surface area contributed by atoms with Crippen LogP contribution in [0.2, 0.25) is 0 Å². The van der Waals surface area contributed by atoms with E-state index in [2.05, 4.69) is 11.8 Å². The summed E-state index contributed by atoms with van der Waals surface area (Å²) in [6.07, 6.45) is 3.78. The molecule has 0 rings (SSSR count). The highest BCUT2D eigenvalue weighted by Gasteiger charge is 2.13. The van der Waals surface area contributed by atoms with Crippen LogP contribution in [-0.2, 0) is 0 Å². The molecule has 0 saturated carbocycles. The van der Waals surface area contributed by atoms with Crippen molar-refractivity contribution >= 4 is 0 Å². The number of rotatable bonds is 5. The Morgan fingerprint density at radius 3 is 2.50 bits per heavy atom. The molecule has 0 aliphatic heterocycles. The van der Waals surface area contributed by atoms with E-state index >= 15 is 0 Å². The minimum absolute atomic E-state index is 0.206. The first-order chi connectivity index (χ1) is 6.72. The van der Waals surface area contributed by atoms with Crippen molar-refractivity contribution in [2.24, 2.45) is 0 Å². The lowest BCUT2D eigenvalue weighted by Gasteiger charge is -2.14. The third kappa shape index (κ3) is 6.67. The molecule has 14 heavy (non-hydrogen) atoms. The molecule has 0 aromatic rings. The van der Waals surface area contributed by atoms with E-state index in [1.54, 1.807) is 0 Å². The van der Waals surface area contributed by atoms with Gasteiger partial charge in [-0.3, -0.25) is 0 Å². The molecule has 80 valence electrons.